The molecule has 4 rings (SSSR count). The number of imide groups is 1. The van der Waals surface area contributed by atoms with E-state index in [-0.39, 0.29) is 23.1 Å². The van der Waals surface area contributed by atoms with Gasteiger partial charge in [-0.1, -0.05) is 30.3 Å². The lowest BCUT2D eigenvalue weighted by atomic mass is 10.2. The summed E-state index contributed by atoms with van der Waals surface area (Å²) in [5.74, 6) is -1.67. The van der Waals surface area contributed by atoms with Crippen LogP contribution in [0, 0.1) is 5.82 Å². The molecule has 0 saturated carbocycles. The molecule has 8 nitrogen and oxygen atoms in total. The number of rotatable bonds is 8. The summed E-state index contributed by atoms with van der Waals surface area (Å²) in [5.41, 5.74) is 1.48. The highest BCUT2D eigenvalue weighted by Gasteiger charge is 2.36. The molecule has 0 bridgehead atoms. The number of benzene rings is 3. The fraction of sp³-hybridized carbons (Fsp3) is 0.0769. The standard InChI is InChI=1S/C26H19BrFN3O5S/c27-20-11-16(9-10-21(20)36-15-24(33)29-18-6-2-1-3-7-18)12-22-25(34)31(26(35)37-22)14-23(32)30-19-8-4-5-17(28)13-19/h1-13H,14-15H2,(H,29,33)(H,30,32)/b22-12+. The molecule has 188 valence electrons. The van der Waals surface area contributed by atoms with Crippen molar-refractivity contribution >= 4 is 68.1 Å². The van der Waals surface area contributed by atoms with Gasteiger partial charge in [-0.25, -0.2) is 4.39 Å². The van der Waals surface area contributed by atoms with Gasteiger partial charge < -0.3 is 15.4 Å². The maximum Gasteiger partial charge on any atom is 0.294 e. The van der Waals surface area contributed by atoms with Crippen LogP contribution in [-0.4, -0.2) is 41.0 Å². The van der Waals surface area contributed by atoms with E-state index in [0.29, 0.717) is 33.2 Å². The van der Waals surface area contributed by atoms with E-state index in [4.69, 9.17) is 4.74 Å². The van der Waals surface area contributed by atoms with Crippen molar-refractivity contribution in [1.29, 1.82) is 0 Å². The molecule has 1 heterocycles. The highest BCUT2D eigenvalue weighted by atomic mass is 79.9. The second-order valence-electron chi connectivity index (χ2n) is 7.72. The first-order valence-electron chi connectivity index (χ1n) is 10.9. The maximum absolute atomic E-state index is 13.3. The van der Waals surface area contributed by atoms with Crippen molar-refractivity contribution in [2.45, 2.75) is 0 Å². The Balaban J connectivity index is 1.35. The fourth-order valence-corrected chi connectivity index (χ4v) is 4.63. The molecule has 0 aromatic heterocycles. The topological polar surface area (TPSA) is 105 Å². The Bertz CT molecular complexity index is 1400. The van der Waals surface area contributed by atoms with E-state index in [9.17, 15) is 23.6 Å². The first-order chi connectivity index (χ1) is 17.8. The lowest BCUT2D eigenvalue weighted by molar-refractivity contribution is -0.127. The summed E-state index contributed by atoms with van der Waals surface area (Å²) >= 11 is 4.10. The second-order valence-corrected chi connectivity index (χ2v) is 9.57. The minimum atomic E-state index is -0.630. The summed E-state index contributed by atoms with van der Waals surface area (Å²) in [6, 6.07) is 19.3. The Morgan fingerprint density at radius 3 is 2.41 bits per heavy atom. The molecule has 0 atom stereocenters. The number of thioether (sulfide) groups is 1. The van der Waals surface area contributed by atoms with E-state index in [2.05, 4.69) is 26.6 Å². The minimum absolute atomic E-state index is 0.145. The SMILES string of the molecule is O=C(COc1ccc(/C=C2/SC(=O)N(CC(=O)Nc3cccc(F)c3)C2=O)cc1Br)Nc1ccccc1. The van der Waals surface area contributed by atoms with Crippen molar-refractivity contribution in [3.8, 4) is 5.75 Å². The molecule has 3 aromatic rings. The number of carbonyl (C=O) groups is 4. The third-order valence-corrected chi connectivity index (χ3v) is 6.48. The Morgan fingerprint density at radius 1 is 0.946 bits per heavy atom. The summed E-state index contributed by atoms with van der Waals surface area (Å²) < 4.78 is 19.4. The van der Waals surface area contributed by atoms with E-state index >= 15 is 0 Å². The normalized spacial score (nSPS) is 14.1. The zero-order valence-corrected chi connectivity index (χ0v) is 21.5. The first kappa shape index (κ1) is 26.1. The van der Waals surface area contributed by atoms with Crippen LogP contribution in [0.15, 0.2) is 82.2 Å². The fourth-order valence-electron chi connectivity index (χ4n) is 3.28. The van der Waals surface area contributed by atoms with Crippen LogP contribution in [0.1, 0.15) is 5.56 Å². The number of para-hydroxylation sites is 1. The summed E-state index contributed by atoms with van der Waals surface area (Å²) in [7, 11) is 0. The summed E-state index contributed by atoms with van der Waals surface area (Å²) in [6.45, 7) is -0.705. The van der Waals surface area contributed by atoms with E-state index in [1.54, 1.807) is 30.3 Å². The molecule has 3 aromatic carbocycles. The highest BCUT2D eigenvalue weighted by molar-refractivity contribution is 9.10. The van der Waals surface area contributed by atoms with Crippen LogP contribution in [-0.2, 0) is 14.4 Å². The summed E-state index contributed by atoms with van der Waals surface area (Å²) in [5, 5.41) is 4.59. The number of amides is 4. The number of nitrogens with one attached hydrogen (secondary N) is 2. The maximum atomic E-state index is 13.3. The molecule has 0 aliphatic carbocycles. The van der Waals surface area contributed by atoms with E-state index in [0.717, 1.165) is 11.0 Å². The van der Waals surface area contributed by atoms with Gasteiger partial charge in [0, 0.05) is 11.4 Å². The number of hydrogen-bond acceptors (Lipinski definition) is 6. The van der Waals surface area contributed by atoms with Crippen LogP contribution in [0.3, 0.4) is 0 Å². The molecular weight excluding hydrogens is 565 g/mol. The van der Waals surface area contributed by atoms with Crippen molar-refractivity contribution in [3.05, 3.63) is 93.6 Å². The van der Waals surface area contributed by atoms with Gasteiger partial charge in [-0.15, -0.1) is 0 Å². The van der Waals surface area contributed by atoms with Gasteiger partial charge in [0.1, 0.15) is 18.1 Å². The third kappa shape index (κ3) is 7.05. The molecule has 4 amide bonds. The molecular formula is C26H19BrFN3O5S. The predicted octanol–water partition coefficient (Wildman–Crippen LogP) is 5.28. The van der Waals surface area contributed by atoms with Gasteiger partial charge in [-0.05, 0) is 81.8 Å². The van der Waals surface area contributed by atoms with Gasteiger partial charge in [0.05, 0.1) is 9.38 Å². The lowest BCUT2D eigenvalue weighted by Crippen LogP contribution is -2.36. The smallest absolute Gasteiger partial charge is 0.294 e. The number of ether oxygens (including phenoxy) is 1. The van der Waals surface area contributed by atoms with Gasteiger partial charge in [0.15, 0.2) is 6.61 Å². The Labute approximate surface area is 224 Å². The molecule has 2 N–H and O–H groups in total. The monoisotopic (exact) mass is 583 g/mol. The Hall–Kier alpha value is -3.96. The van der Waals surface area contributed by atoms with Crippen molar-refractivity contribution in [1.82, 2.24) is 4.90 Å². The molecule has 1 aliphatic heterocycles. The van der Waals surface area contributed by atoms with Gasteiger partial charge in [-0.2, -0.15) is 0 Å². The lowest BCUT2D eigenvalue weighted by Gasteiger charge is -2.12. The van der Waals surface area contributed by atoms with Crippen molar-refractivity contribution < 1.29 is 28.3 Å². The van der Waals surface area contributed by atoms with E-state index in [1.807, 2.05) is 18.2 Å². The average molecular weight is 584 g/mol. The zero-order valence-electron chi connectivity index (χ0n) is 19.1. The van der Waals surface area contributed by atoms with Crippen LogP contribution in [0.4, 0.5) is 20.6 Å². The molecule has 0 spiro atoms. The van der Waals surface area contributed by atoms with E-state index in [1.165, 1.54) is 24.3 Å². The molecule has 1 aliphatic rings. The van der Waals surface area contributed by atoms with Crippen LogP contribution in [0.5, 0.6) is 5.75 Å². The van der Waals surface area contributed by atoms with Crippen LogP contribution < -0.4 is 15.4 Å². The Morgan fingerprint density at radius 2 is 1.68 bits per heavy atom. The van der Waals surface area contributed by atoms with Crippen LogP contribution in [0.2, 0.25) is 0 Å². The van der Waals surface area contributed by atoms with Crippen LogP contribution in [0.25, 0.3) is 6.08 Å². The van der Waals surface area contributed by atoms with Gasteiger partial charge in [0.25, 0.3) is 17.1 Å². The molecule has 0 unspecified atom stereocenters. The molecule has 1 saturated heterocycles. The second kappa shape index (κ2) is 11.8. The van der Waals surface area contributed by atoms with Crippen molar-refractivity contribution in [3.63, 3.8) is 0 Å². The van der Waals surface area contributed by atoms with Gasteiger partial charge >= 0.3 is 0 Å². The van der Waals surface area contributed by atoms with Gasteiger partial charge in [-0.3, -0.25) is 24.1 Å². The minimum Gasteiger partial charge on any atom is -0.483 e. The number of halogens is 2. The third-order valence-electron chi connectivity index (χ3n) is 4.95. The predicted molar refractivity (Wildman–Crippen MR) is 142 cm³/mol. The van der Waals surface area contributed by atoms with E-state index < -0.39 is 29.4 Å². The molecule has 37 heavy (non-hydrogen) atoms. The van der Waals surface area contributed by atoms with Crippen molar-refractivity contribution in [2.75, 3.05) is 23.8 Å². The number of nitrogens with zero attached hydrogens (tertiary/aromatic N) is 1. The van der Waals surface area contributed by atoms with Gasteiger partial charge in [0.2, 0.25) is 5.91 Å². The number of carbonyl (C=O) groups excluding carboxylic acids is 4. The largest absolute Gasteiger partial charge is 0.483 e. The van der Waals surface area contributed by atoms with Crippen LogP contribution >= 0.6 is 27.7 Å². The molecule has 11 heteroatoms. The summed E-state index contributed by atoms with van der Waals surface area (Å²) in [4.78, 5) is 50.4. The quantitative estimate of drug-likeness (QED) is 0.349. The Kier molecular flexibility index (Phi) is 8.36. The number of anilines is 2. The first-order valence-corrected chi connectivity index (χ1v) is 12.5. The zero-order chi connectivity index (χ0) is 26.4. The summed E-state index contributed by atoms with van der Waals surface area (Å²) in [6.07, 6.45) is 1.52. The molecule has 0 radical (unpaired) electrons. The van der Waals surface area contributed by atoms with Crippen molar-refractivity contribution in [2.24, 2.45) is 0 Å². The average Bonchev–Trinajstić information content (AvgIpc) is 3.11. The number of hydrogen-bond donors (Lipinski definition) is 2. The molecule has 1 fully saturated rings. The highest BCUT2D eigenvalue weighted by Crippen LogP contribution is 2.34.